The normalized spacial score (nSPS) is 17.5. The molecule has 0 amide bonds. The van der Waals surface area contributed by atoms with Crippen molar-refractivity contribution in [2.24, 2.45) is 5.73 Å². The fourth-order valence-corrected chi connectivity index (χ4v) is 2.13. The maximum Gasteiger partial charge on any atom is 0.196 e. The van der Waals surface area contributed by atoms with Gasteiger partial charge in [0.25, 0.3) is 0 Å². The van der Waals surface area contributed by atoms with Gasteiger partial charge in [0.1, 0.15) is 5.52 Å². The Morgan fingerprint density at radius 1 is 1.47 bits per heavy atom. The van der Waals surface area contributed by atoms with E-state index in [1.807, 2.05) is 12.1 Å². The lowest BCUT2D eigenvalue weighted by atomic mass is 10.0. The molecule has 1 heterocycles. The van der Waals surface area contributed by atoms with E-state index in [9.17, 15) is 5.11 Å². The number of hydrogen-bond donors (Lipinski definition) is 2. The van der Waals surface area contributed by atoms with Crippen molar-refractivity contribution in [2.75, 3.05) is 0 Å². The van der Waals surface area contributed by atoms with Gasteiger partial charge in [0.2, 0.25) is 0 Å². The third-order valence-corrected chi connectivity index (χ3v) is 3.51. The first kappa shape index (κ1) is 10.6. The first-order valence-electron chi connectivity index (χ1n) is 5.94. The van der Waals surface area contributed by atoms with Crippen molar-refractivity contribution in [3.05, 3.63) is 23.6 Å². The van der Waals surface area contributed by atoms with Crippen LogP contribution in [0.15, 0.2) is 16.5 Å². The standard InChI is InChI=1S/C13H16N2O2/c1-8-15-10-3-2-9(11(16)12(10)17-8)4-5-13(14)6-7-13/h2-3,16H,4-7,14H2,1H3. The van der Waals surface area contributed by atoms with Crippen molar-refractivity contribution < 1.29 is 9.52 Å². The van der Waals surface area contributed by atoms with Crippen molar-refractivity contribution in [3.8, 4) is 5.75 Å². The van der Waals surface area contributed by atoms with Gasteiger partial charge in [0.15, 0.2) is 17.2 Å². The summed E-state index contributed by atoms with van der Waals surface area (Å²) >= 11 is 0. The number of aromatic nitrogens is 1. The molecule has 2 aromatic rings. The minimum atomic E-state index is 0.0126. The molecule has 3 rings (SSSR count). The van der Waals surface area contributed by atoms with Gasteiger partial charge in [0.05, 0.1) is 0 Å². The molecule has 0 atom stereocenters. The Hall–Kier alpha value is -1.55. The molecule has 0 unspecified atom stereocenters. The number of phenols is 1. The number of hydrogen-bond acceptors (Lipinski definition) is 4. The maximum absolute atomic E-state index is 10.1. The molecule has 17 heavy (non-hydrogen) atoms. The summed E-state index contributed by atoms with van der Waals surface area (Å²) in [4.78, 5) is 4.18. The van der Waals surface area contributed by atoms with Crippen LogP contribution in [0, 0.1) is 6.92 Å². The minimum Gasteiger partial charge on any atom is -0.504 e. The topological polar surface area (TPSA) is 72.3 Å². The summed E-state index contributed by atoms with van der Waals surface area (Å²) in [5, 5.41) is 10.1. The van der Waals surface area contributed by atoms with E-state index < -0.39 is 0 Å². The zero-order valence-electron chi connectivity index (χ0n) is 9.86. The van der Waals surface area contributed by atoms with E-state index in [1.165, 1.54) is 0 Å². The highest BCUT2D eigenvalue weighted by Gasteiger charge is 2.37. The van der Waals surface area contributed by atoms with Gasteiger partial charge in [-0.25, -0.2) is 4.98 Å². The molecule has 0 aliphatic heterocycles. The molecule has 1 aliphatic rings. The van der Waals surface area contributed by atoms with Gasteiger partial charge >= 0.3 is 0 Å². The van der Waals surface area contributed by atoms with E-state index in [0.29, 0.717) is 17.0 Å². The number of nitrogens with zero attached hydrogens (tertiary/aromatic N) is 1. The number of oxazole rings is 1. The van der Waals surface area contributed by atoms with Crippen LogP contribution in [0.2, 0.25) is 0 Å². The molecule has 0 bridgehead atoms. The Morgan fingerprint density at radius 2 is 2.24 bits per heavy atom. The van der Waals surface area contributed by atoms with Crippen molar-refractivity contribution in [3.63, 3.8) is 0 Å². The van der Waals surface area contributed by atoms with Gasteiger partial charge in [-0.15, -0.1) is 0 Å². The zero-order valence-corrected chi connectivity index (χ0v) is 9.86. The number of phenolic OH excluding ortho intramolecular Hbond substituents is 1. The molecule has 4 nitrogen and oxygen atoms in total. The van der Waals surface area contributed by atoms with Crippen LogP contribution in [0.25, 0.3) is 11.1 Å². The first-order chi connectivity index (χ1) is 8.07. The van der Waals surface area contributed by atoms with Crippen molar-refractivity contribution in [1.29, 1.82) is 0 Å². The molecule has 1 fully saturated rings. The molecule has 1 aromatic carbocycles. The molecule has 1 aliphatic carbocycles. The highest BCUT2D eigenvalue weighted by atomic mass is 16.4. The van der Waals surface area contributed by atoms with Crippen molar-refractivity contribution in [2.45, 2.75) is 38.1 Å². The van der Waals surface area contributed by atoms with Gasteiger partial charge in [0, 0.05) is 12.5 Å². The fraction of sp³-hybridized carbons (Fsp3) is 0.462. The molecule has 0 saturated heterocycles. The maximum atomic E-state index is 10.1. The monoisotopic (exact) mass is 232 g/mol. The highest BCUT2D eigenvalue weighted by molar-refractivity contribution is 5.80. The third kappa shape index (κ3) is 1.89. The Bertz CT molecular complexity index is 570. The van der Waals surface area contributed by atoms with Gasteiger partial charge in [-0.05, 0) is 37.3 Å². The molecular formula is C13H16N2O2. The van der Waals surface area contributed by atoms with Gasteiger partial charge in [-0.1, -0.05) is 6.07 Å². The highest BCUT2D eigenvalue weighted by Crippen LogP contribution is 2.38. The van der Waals surface area contributed by atoms with Crippen LogP contribution >= 0.6 is 0 Å². The number of nitrogens with two attached hydrogens (primary N) is 1. The average Bonchev–Trinajstić information content (AvgIpc) is 2.88. The van der Waals surface area contributed by atoms with E-state index in [4.69, 9.17) is 10.2 Å². The molecular weight excluding hydrogens is 216 g/mol. The Balaban J connectivity index is 1.91. The van der Waals surface area contributed by atoms with Crippen molar-refractivity contribution >= 4 is 11.1 Å². The van der Waals surface area contributed by atoms with E-state index in [2.05, 4.69) is 4.98 Å². The lowest BCUT2D eigenvalue weighted by Gasteiger charge is -2.09. The Labute approximate surface area is 99.4 Å². The summed E-state index contributed by atoms with van der Waals surface area (Å²) in [6, 6.07) is 3.79. The lowest BCUT2D eigenvalue weighted by Crippen LogP contribution is -2.22. The minimum absolute atomic E-state index is 0.0126. The van der Waals surface area contributed by atoms with Gasteiger partial charge in [-0.3, -0.25) is 0 Å². The predicted molar refractivity (Wildman–Crippen MR) is 64.9 cm³/mol. The largest absolute Gasteiger partial charge is 0.504 e. The van der Waals surface area contributed by atoms with Gasteiger partial charge < -0.3 is 15.3 Å². The summed E-state index contributed by atoms with van der Waals surface area (Å²) in [7, 11) is 0. The number of aromatic hydroxyl groups is 1. The number of fused-ring (bicyclic) bond motifs is 1. The van der Waals surface area contributed by atoms with Gasteiger partial charge in [-0.2, -0.15) is 0 Å². The summed E-state index contributed by atoms with van der Waals surface area (Å²) < 4.78 is 5.39. The summed E-state index contributed by atoms with van der Waals surface area (Å²) in [6.45, 7) is 1.78. The first-order valence-corrected chi connectivity index (χ1v) is 5.94. The van der Waals surface area contributed by atoms with Crippen LogP contribution in [0.4, 0.5) is 0 Å². The summed E-state index contributed by atoms with van der Waals surface area (Å²) in [5.41, 5.74) is 8.14. The zero-order chi connectivity index (χ0) is 12.0. The van der Waals surface area contributed by atoms with E-state index >= 15 is 0 Å². The van der Waals surface area contributed by atoms with E-state index in [0.717, 1.165) is 31.2 Å². The van der Waals surface area contributed by atoms with E-state index in [1.54, 1.807) is 6.92 Å². The second-order valence-electron chi connectivity index (χ2n) is 5.02. The Morgan fingerprint density at radius 3 is 2.94 bits per heavy atom. The van der Waals surface area contributed by atoms with E-state index in [-0.39, 0.29) is 11.3 Å². The molecule has 1 aromatic heterocycles. The van der Waals surface area contributed by atoms with Crippen molar-refractivity contribution in [1.82, 2.24) is 4.98 Å². The molecule has 0 radical (unpaired) electrons. The average molecular weight is 232 g/mol. The lowest BCUT2D eigenvalue weighted by molar-refractivity contribution is 0.451. The molecule has 0 spiro atoms. The Kier molecular flexibility index (Phi) is 2.16. The summed E-state index contributed by atoms with van der Waals surface area (Å²) in [5.74, 6) is 0.789. The van der Waals surface area contributed by atoms with Crippen LogP contribution in [-0.4, -0.2) is 15.6 Å². The third-order valence-electron chi connectivity index (χ3n) is 3.51. The number of benzene rings is 1. The van der Waals surface area contributed by atoms with Crippen LogP contribution in [-0.2, 0) is 6.42 Å². The SMILES string of the molecule is Cc1nc2ccc(CCC3(N)CC3)c(O)c2o1. The number of rotatable bonds is 3. The second kappa shape index (κ2) is 3.47. The molecule has 3 N–H and O–H groups in total. The second-order valence-corrected chi connectivity index (χ2v) is 5.02. The van der Waals surface area contributed by atoms with Crippen LogP contribution < -0.4 is 5.73 Å². The summed E-state index contributed by atoms with van der Waals surface area (Å²) in [6.07, 6.45) is 3.89. The van der Waals surface area contributed by atoms with Crippen LogP contribution in [0.3, 0.4) is 0 Å². The molecule has 4 heteroatoms. The predicted octanol–water partition coefficient (Wildman–Crippen LogP) is 2.27. The molecule has 90 valence electrons. The fourth-order valence-electron chi connectivity index (χ4n) is 2.13. The number of aryl methyl sites for hydroxylation is 2. The smallest absolute Gasteiger partial charge is 0.196 e. The quantitative estimate of drug-likeness (QED) is 0.851. The van der Waals surface area contributed by atoms with Crippen LogP contribution in [0.1, 0.15) is 30.7 Å². The molecule has 1 saturated carbocycles. The van der Waals surface area contributed by atoms with Crippen LogP contribution in [0.5, 0.6) is 5.75 Å².